The second-order valence-electron chi connectivity index (χ2n) is 6.47. The van der Waals surface area contributed by atoms with Crippen molar-refractivity contribution in [2.24, 2.45) is 5.16 Å². The van der Waals surface area contributed by atoms with Crippen LogP contribution in [0.4, 0.5) is 10.5 Å². The highest BCUT2D eigenvalue weighted by molar-refractivity contribution is 7.10. The van der Waals surface area contributed by atoms with E-state index in [0.717, 1.165) is 34.7 Å². The molecule has 0 aliphatic carbocycles. The van der Waals surface area contributed by atoms with Gasteiger partial charge in [-0.1, -0.05) is 28.9 Å². The molecule has 2 heterocycles. The van der Waals surface area contributed by atoms with Gasteiger partial charge >= 0.3 is 6.03 Å². The fourth-order valence-corrected chi connectivity index (χ4v) is 4.15. The molecular weight excluding hydrogens is 372 g/mol. The normalized spacial score (nSPS) is 16.0. The molecule has 2 amide bonds. The van der Waals surface area contributed by atoms with Crippen molar-refractivity contribution < 1.29 is 10.0 Å². The summed E-state index contributed by atoms with van der Waals surface area (Å²) in [6.45, 7) is 5.36. The second kappa shape index (κ2) is 8.05. The number of rotatable bonds is 3. The third-order valence-electron chi connectivity index (χ3n) is 4.59. The summed E-state index contributed by atoms with van der Waals surface area (Å²) in [5, 5.41) is 17.5. The van der Waals surface area contributed by atoms with E-state index in [-0.39, 0.29) is 11.2 Å². The van der Waals surface area contributed by atoms with Gasteiger partial charge in [0.15, 0.2) is 5.17 Å². The van der Waals surface area contributed by atoms with Gasteiger partial charge in [-0.25, -0.2) is 9.78 Å². The van der Waals surface area contributed by atoms with Gasteiger partial charge in [0, 0.05) is 30.1 Å². The van der Waals surface area contributed by atoms with Crippen molar-refractivity contribution in [3.05, 3.63) is 45.4 Å². The Bertz CT molecular complexity index is 828. The molecule has 3 rings (SSSR count). The number of nitrogens with zero attached hydrogens (tertiary/aromatic N) is 3. The van der Waals surface area contributed by atoms with Gasteiger partial charge in [-0.3, -0.25) is 0 Å². The molecule has 1 aliphatic heterocycles. The van der Waals surface area contributed by atoms with Gasteiger partial charge in [-0.2, -0.15) is 0 Å². The molecule has 1 aromatic heterocycles. The number of aromatic nitrogens is 1. The van der Waals surface area contributed by atoms with E-state index in [1.54, 1.807) is 5.38 Å². The molecule has 138 valence electrons. The van der Waals surface area contributed by atoms with E-state index >= 15 is 0 Å². The zero-order valence-corrected chi connectivity index (χ0v) is 16.3. The first-order valence-electron chi connectivity index (χ1n) is 8.44. The minimum atomic E-state index is -0.0626. The van der Waals surface area contributed by atoms with Crippen molar-refractivity contribution in [2.45, 2.75) is 32.6 Å². The van der Waals surface area contributed by atoms with Crippen LogP contribution in [0.3, 0.4) is 0 Å². The third-order valence-corrected chi connectivity index (χ3v) is 5.86. The van der Waals surface area contributed by atoms with Crippen LogP contribution >= 0.6 is 22.9 Å². The Balaban J connectivity index is 1.58. The largest absolute Gasteiger partial charge is 0.410 e. The Morgan fingerprint density at radius 1 is 1.38 bits per heavy atom. The number of carbonyl (C=O) groups excluding carboxylic acids is 1. The van der Waals surface area contributed by atoms with Crippen LogP contribution in [0.25, 0.3) is 0 Å². The van der Waals surface area contributed by atoms with Gasteiger partial charge in [0.25, 0.3) is 0 Å². The molecule has 0 unspecified atom stereocenters. The molecule has 6 nitrogen and oxygen atoms in total. The van der Waals surface area contributed by atoms with Crippen LogP contribution in [0.15, 0.2) is 28.7 Å². The highest BCUT2D eigenvalue weighted by atomic mass is 35.5. The van der Waals surface area contributed by atoms with Gasteiger partial charge in [0.2, 0.25) is 0 Å². The lowest BCUT2D eigenvalue weighted by Crippen LogP contribution is -2.40. The lowest BCUT2D eigenvalue weighted by atomic mass is 9.98. The number of piperidine rings is 1. The first kappa shape index (κ1) is 18.7. The van der Waals surface area contributed by atoms with E-state index in [9.17, 15) is 4.79 Å². The number of oxime groups is 1. The van der Waals surface area contributed by atoms with Crippen molar-refractivity contribution in [1.29, 1.82) is 0 Å². The number of aryl methyl sites for hydroxylation is 2. The van der Waals surface area contributed by atoms with E-state index in [1.165, 1.54) is 11.3 Å². The number of benzene rings is 1. The average molecular weight is 393 g/mol. The topological polar surface area (TPSA) is 77.8 Å². The van der Waals surface area contributed by atoms with Crippen molar-refractivity contribution in [3.63, 3.8) is 0 Å². The van der Waals surface area contributed by atoms with Crippen LogP contribution in [0.2, 0.25) is 0 Å². The van der Waals surface area contributed by atoms with Crippen LogP contribution in [0.5, 0.6) is 0 Å². The Labute approximate surface area is 161 Å². The summed E-state index contributed by atoms with van der Waals surface area (Å²) in [4.78, 5) is 18.8. The summed E-state index contributed by atoms with van der Waals surface area (Å²) in [6, 6.07) is 5.97. The van der Waals surface area contributed by atoms with Gasteiger partial charge in [-0.15, -0.1) is 11.3 Å². The number of nitrogens with one attached hydrogen (secondary N) is 1. The van der Waals surface area contributed by atoms with E-state index in [2.05, 4.69) is 15.5 Å². The number of amides is 2. The predicted octanol–water partition coefficient (Wildman–Crippen LogP) is 4.55. The number of hydrogen-bond acceptors (Lipinski definition) is 5. The lowest BCUT2D eigenvalue weighted by Gasteiger charge is -2.31. The molecular formula is C18H21ClN4O2S. The fourth-order valence-electron chi connectivity index (χ4n) is 3.02. The smallest absolute Gasteiger partial charge is 0.321 e. The Hall–Kier alpha value is -2.12. The molecule has 2 N–H and O–H groups in total. The zero-order chi connectivity index (χ0) is 18.7. The van der Waals surface area contributed by atoms with Crippen molar-refractivity contribution >= 4 is 39.8 Å². The number of likely N-dealkylation sites (tertiary alicyclic amines) is 1. The standard InChI is InChI=1S/C18H21ClN4O2S/c1-11-3-4-12(2)14(9-11)21-18(24)23-7-5-13(6-8-23)17-20-15(10-26-17)16(19)22-25/h3-4,9-10,13,25H,5-8H2,1-2H3,(H,21,24)/b22-16-. The second-order valence-corrected chi connectivity index (χ2v) is 7.72. The van der Waals surface area contributed by atoms with Crippen LogP contribution in [-0.2, 0) is 0 Å². The maximum atomic E-state index is 12.5. The van der Waals surface area contributed by atoms with Crippen LogP contribution in [-0.4, -0.2) is 39.4 Å². The number of thiazole rings is 1. The number of urea groups is 1. The molecule has 0 saturated carbocycles. The maximum absolute atomic E-state index is 12.5. The maximum Gasteiger partial charge on any atom is 0.321 e. The minimum Gasteiger partial charge on any atom is -0.410 e. The molecule has 1 saturated heterocycles. The summed E-state index contributed by atoms with van der Waals surface area (Å²) >= 11 is 7.30. The van der Waals surface area contributed by atoms with E-state index < -0.39 is 0 Å². The Morgan fingerprint density at radius 2 is 2.12 bits per heavy atom. The molecule has 2 aromatic rings. The fraction of sp³-hybridized carbons (Fsp3) is 0.389. The van der Waals surface area contributed by atoms with Gasteiger partial charge in [0.1, 0.15) is 5.69 Å². The van der Waals surface area contributed by atoms with E-state index in [0.29, 0.717) is 24.7 Å². The Morgan fingerprint density at radius 3 is 2.81 bits per heavy atom. The first-order chi connectivity index (χ1) is 12.5. The molecule has 0 atom stereocenters. The number of anilines is 1. The summed E-state index contributed by atoms with van der Waals surface area (Å²) < 4.78 is 0. The monoisotopic (exact) mass is 392 g/mol. The molecule has 1 fully saturated rings. The molecule has 0 bridgehead atoms. The van der Waals surface area contributed by atoms with Gasteiger partial charge in [-0.05, 0) is 43.9 Å². The van der Waals surface area contributed by atoms with Crippen molar-refractivity contribution in [2.75, 3.05) is 18.4 Å². The first-order valence-corrected chi connectivity index (χ1v) is 9.70. The molecule has 0 spiro atoms. The highest BCUT2D eigenvalue weighted by Gasteiger charge is 2.26. The number of carbonyl (C=O) groups is 1. The number of halogens is 1. The van der Waals surface area contributed by atoms with Crippen molar-refractivity contribution in [1.82, 2.24) is 9.88 Å². The number of hydrogen-bond donors (Lipinski definition) is 2. The predicted molar refractivity (Wildman–Crippen MR) is 105 cm³/mol. The quantitative estimate of drug-likeness (QED) is 0.457. The van der Waals surface area contributed by atoms with Gasteiger partial charge in [0.05, 0.1) is 5.01 Å². The molecule has 0 radical (unpaired) electrons. The van der Waals surface area contributed by atoms with Crippen LogP contribution < -0.4 is 5.32 Å². The summed E-state index contributed by atoms with van der Waals surface area (Å²) in [5.74, 6) is 0.293. The molecule has 26 heavy (non-hydrogen) atoms. The molecule has 8 heteroatoms. The van der Waals surface area contributed by atoms with Crippen molar-refractivity contribution in [3.8, 4) is 0 Å². The highest BCUT2D eigenvalue weighted by Crippen LogP contribution is 2.31. The lowest BCUT2D eigenvalue weighted by molar-refractivity contribution is 0.194. The zero-order valence-electron chi connectivity index (χ0n) is 14.7. The van der Waals surface area contributed by atoms with E-state index in [1.807, 2.05) is 36.9 Å². The summed E-state index contributed by atoms with van der Waals surface area (Å²) in [6.07, 6.45) is 1.70. The summed E-state index contributed by atoms with van der Waals surface area (Å²) in [7, 11) is 0. The third kappa shape index (κ3) is 4.16. The SMILES string of the molecule is Cc1ccc(C)c(NC(=O)N2CCC(c3nc(/C(Cl)=N/O)cs3)CC2)c1. The average Bonchev–Trinajstić information content (AvgIpc) is 3.14. The Kier molecular flexibility index (Phi) is 5.78. The minimum absolute atomic E-state index is 0.00200. The summed E-state index contributed by atoms with van der Waals surface area (Å²) in [5.41, 5.74) is 3.52. The van der Waals surface area contributed by atoms with Crippen LogP contribution in [0, 0.1) is 13.8 Å². The van der Waals surface area contributed by atoms with Crippen LogP contribution in [0.1, 0.15) is 40.6 Å². The molecule has 1 aliphatic rings. The molecule has 1 aromatic carbocycles. The van der Waals surface area contributed by atoms with Gasteiger partial charge < -0.3 is 15.4 Å². The van der Waals surface area contributed by atoms with E-state index in [4.69, 9.17) is 16.8 Å².